The van der Waals surface area contributed by atoms with Crippen molar-refractivity contribution in [1.29, 1.82) is 0 Å². The summed E-state index contributed by atoms with van der Waals surface area (Å²) in [6.07, 6.45) is 0.497. The molecule has 19 heavy (non-hydrogen) atoms. The summed E-state index contributed by atoms with van der Waals surface area (Å²) in [4.78, 5) is 23.6. The van der Waals surface area contributed by atoms with Crippen LogP contribution in [0.1, 0.15) is 23.2 Å². The van der Waals surface area contributed by atoms with E-state index in [9.17, 15) is 14.7 Å². The molecule has 0 radical (unpaired) electrons. The standard InChI is InChI=1S/C13H14ClNO4/c14-10-4-2-1-3-9(10)11(16)15-13(12(17)18)5-7-19-8-6-13/h1-4H,5-8H2,(H,15,16)(H,17,18). The van der Waals surface area contributed by atoms with E-state index in [1.54, 1.807) is 24.3 Å². The van der Waals surface area contributed by atoms with E-state index in [2.05, 4.69) is 5.32 Å². The fourth-order valence-electron chi connectivity index (χ4n) is 2.04. The number of rotatable bonds is 3. The third-order valence-electron chi connectivity index (χ3n) is 3.23. The Morgan fingerprint density at radius 1 is 1.26 bits per heavy atom. The van der Waals surface area contributed by atoms with Crippen LogP contribution in [0.15, 0.2) is 24.3 Å². The average molecular weight is 284 g/mol. The number of carbonyl (C=O) groups excluding carboxylic acids is 1. The summed E-state index contributed by atoms with van der Waals surface area (Å²) < 4.78 is 5.15. The summed E-state index contributed by atoms with van der Waals surface area (Å²) in [5, 5.41) is 12.2. The number of ether oxygens (including phenoxy) is 1. The van der Waals surface area contributed by atoms with Gasteiger partial charge in [0.15, 0.2) is 0 Å². The van der Waals surface area contributed by atoms with E-state index in [0.717, 1.165) is 0 Å². The van der Waals surface area contributed by atoms with Gasteiger partial charge in [-0.2, -0.15) is 0 Å². The van der Waals surface area contributed by atoms with Crippen molar-refractivity contribution in [2.24, 2.45) is 0 Å². The molecule has 1 amide bonds. The van der Waals surface area contributed by atoms with E-state index >= 15 is 0 Å². The van der Waals surface area contributed by atoms with Crippen molar-refractivity contribution in [3.63, 3.8) is 0 Å². The Morgan fingerprint density at radius 3 is 2.47 bits per heavy atom. The highest BCUT2D eigenvalue weighted by Gasteiger charge is 2.41. The average Bonchev–Trinajstić information content (AvgIpc) is 2.40. The first-order chi connectivity index (χ1) is 9.05. The second-order valence-corrected chi connectivity index (χ2v) is 4.84. The first-order valence-electron chi connectivity index (χ1n) is 5.93. The highest BCUT2D eigenvalue weighted by molar-refractivity contribution is 6.33. The number of aliphatic carboxylic acids is 1. The summed E-state index contributed by atoms with van der Waals surface area (Å²) in [7, 11) is 0. The fourth-order valence-corrected chi connectivity index (χ4v) is 2.26. The summed E-state index contributed by atoms with van der Waals surface area (Å²) >= 11 is 5.93. The van der Waals surface area contributed by atoms with Crippen molar-refractivity contribution in [2.75, 3.05) is 13.2 Å². The highest BCUT2D eigenvalue weighted by Crippen LogP contribution is 2.23. The molecule has 0 bridgehead atoms. The van der Waals surface area contributed by atoms with Crippen molar-refractivity contribution >= 4 is 23.5 Å². The topological polar surface area (TPSA) is 75.6 Å². The SMILES string of the molecule is O=C(NC1(C(=O)O)CCOCC1)c1ccccc1Cl. The third-order valence-corrected chi connectivity index (χ3v) is 3.56. The van der Waals surface area contributed by atoms with Crippen LogP contribution in [0.4, 0.5) is 0 Å². The van der Waals surface area contributed by atoms with Crippen LogP contribution in [-0.4, -0.2) is 35.7 Å². The quantitative estimate of drug-likeness (QED) is 0.885. The Kier molecular flexibility index (Phi) is 4.07. The predicted octanol–water partition coefficient (Wildman–Crippen LogP) is 1.70. The van der Waals surface area contributed by atoms with Gasteiger partial charge in [-0.25, -0.2) is 4.79 Å². The molecule has 1 fully saturated rings. The fraction of sp³-hybridized carbons (Fsp3) is 0.385. The molecule has 0 aliphatic carbocycles. The van der Waals surface area contributed by atoms with E-state index in [0.29, 0.717) is 18.2 Å². The molecular formula is C13H14ClNO4. The monoisotopic (exact) mass is 283 g/mol. The zero-order chi connectivity index (χ0) is 13.9. The lowest BCUT2D eigenvalue weighted by atomic mass is 9.89. The molecule has 0 saturated carbocycles. The molecule has 1 aromatic rings. The Hall–Kier alpha value is -1.59. The van der Waals surface area contributed by atoms with Crippen molar-refractivity contribution in [3.8, 4) is 0 Å². The van der Waals surface area contributed by atoms with Crippen LogP contribution in [0.2, 0.25) is 5.02 Å². The van der Waals surface area contributed by atoms with Crippen LogP contribution in [0.5, 0.6) is 0 Å². The molecule has 1 aromatic carbocycles. The third kappa shape index (κ3) is 2.88. The summed E-state index contributed by atoms with van der Waals surface area (Å²) in [6, 6.07) is 6.54. The number of hydrogen-bond acceptors (Lipinski definition) is 3. The zero-order valence-corrected chi connectivity index (χ0v) is 10.9. The molecule has 0 unspecified atom stereocenters. The number of hydrogen-bond donors (Lipinski definition) is 2. The highest BCUT2D eigenvalue weighted by atomic mass is 35.5. The largest absolute Gasteiger partial charge is 0.480 e. The molecule has 2 N–H and O–H groups in total. The van der Waals surface area contributed by atoms with Gasteiger partial charge >= 0.3 is 5.97 Å². The van der Waals surface area contributed by atoms with Gasteiger partial charge in [0.25, 0.3) is 5.91 Å². The maximum absolute atomic E-state index is 12.1. The Labute approximate surface area is 115 Å². The van der Waals surface area contributed by atoms with Crippen molar-refractivity contribution in [2.45, 2.75) is 18.4 Å². The number of amides is 1. The maximum atomic E-state index is 12.1. The number of carbonyl (C=O) groups is 2. The molecule has 0 spiro atoms. The van der Waals surface area contributed by atoms with Crippen LogP contribution >= 0.6 is 11.6 Å². The van der Waals surface area contributed by atoms with Crippen LogP contribution in [0.3, 0.4) is 0 Å². The number of halogens is 1. The molecule has 1 saturated heterocycles. The first-order valence-corrected chi connectivity index (χ1v) is 6.31. The number of carboxylic acid groups (broad SMARTS) is 1. The normalized spacial score (nSPS) is 17.7. The van der Waals surface area contributed by atoms with Gasteiger partial charge in [-0.3, -0.25) is 4.79 Å². The molecule has 5 nitrogen and oxygen atoms in total. The Balaban J connectivity index is 2.20. The maximum Gasteiger partial charge on any atom is 0.329 e. The van der Waals surface area contributed by atoms with Gasteiger partial charge in [-0.15, -0.1) is 0 Å². The second-order valence-electron chi connectivity index (χ2n) is 4.43. The van der Waals surface area contributed by atoms with E-state index in [1.165, 1.54) is 0 Å². The molecule has 1 aliphatic rings. The lowest BCUT2D eigenvalue weighted by Gasteiger charge is -2.33. The summed E-state index contributed by atoms with van der Waals surface area (Å²) in [6.45, 7) is 0.629. The lowest BCUT2D eigenvalue weighted by Crippen LogP contribution is -2.57. The van der Waals surface area contributed by atoms with Gasteiger partial charge in [0, 0.05) is 26.1 Å². The summed E-state index contributed by atoms with van der Waals surface area (Å²) in [5.41, 5.74) is -0.995. The minimum atomic E-state index is -1.27. The van der Waals surface area contributed by atoms with Crippen molar-refractivity contribution in [3.05, 3.63) is 34.9 Å². The molecule has 6 heteroatoms. The summed E-state index contributed by atoms with van der Waals surface area (Å²) in [5.74, 6) is -1.52. The smallest absolute Gasteiger partial charge is 0.329 e. The van der Waals surface area contributed by atoms with Gasteiger partial charge < -0.3 is 15.2 Å². The van der Waals surface area contributed by atoms with Gasteiger partial charge in [-0.05, 0) is 12.1 Å². The minimum Gasteiger partial charge on any atom is -0.480 e. The zero-order valence-electron chi connectivity index (χ0n) is 10.2. The van der Waals surface area contributed by atoms with Gasteiger partial charge in [-0.1, -0.05) is 23.7 Å². The Morgan fingerprint density at radius 2 is 1.89 bits per heavy atom. The van der Waals surface area contributed by atoms with Crippen LogP contribution < -0.4 is 5.32 Å². The van der Waals surface area contributed by atoms with E-state index in [-0.39, 0.29) is 18.4 Å². The molecule has 1 aliphatic heterocycles. The molecule has 1 heterocycles. The van der Waals surface area contributed by atoms with Crippen LogP contribution in [-0.2, 0) is 9.53 Å². The van der Waals surface area contributed by atoms with E-state index in [4.69, 9.17) is 16.3 Å². The van der Waals surface area contributed by atoms with Gasteiger partial charge in [0.2, 0.25) is 0 Å². The minimum absolute atomic E-state index is 0.249. The second kappa shape index (κ2) is 5.59. The van der Waals surface area contributed by atoms with Crippen molar-refractivity contribution < 1.29 is 19.4 Å². The Bertz CT molecular complexity index is 497. The molecular weight excluding hydrogens is 270 g/mol. The van der Waals surface area contributed by atoms with Crippen LogP contribution in [0.25, 0.3) is 0 Å². The van der Waals surface area contributed by atoms with Gasteiger partial charge in [0.1, 0.15) is 5.54 Å². The van der Waals surface area contributed by atoms with E-state index in [1.807, 2.05) is 0 Å². The van der Waals surface area contributed by atoms with Crippen LogP contribution in [0, 0.1) is 0 Å². The number of nitrogens with one attached hydrogen (secondary N) is 1. The molecule has 0 aromatic heterocycles. The van der Waals surface area contributed by atoms with Gasteiger partial charge in [0.05, 0.1) is 10.6 Å². The molecule has 2 rings (SSSR count). The molecule has 102 valence electrons. The predicted molar refractivity (Wildman–Crippen MR) is 69.3 cm³/mol. The first kappa shape index (κ1) is 13.8. The molecule has 0 atom stereocenters. The number of benzene rings is 1. The number of carboxylic acids is 1. The van der Waals surface area contributed by atoms with E-state index < -0.39 is 17.4 Å². The van der Waals surface area contributed by atoms with Crippen molar-refractivity contribution in [1.82, 2.24) is 5.32 Å². The lowest BCUT2D eigenvalue weighted by molar-refractivity contribution is -0.148.